The number of benzene rings is 3. The predicted molar refractivity (Wildman–Crippen MR) is 129 cm³/mol. The van der Waals surface area contributed by atoms with Crippen LogP contribution in [0.4, 0.5) is 10.1 Å². The van der Waals surface area contributed by atoms with Crippen molar-refractivity contribution in [2.75, 3.05) is 24.4 Å². The number of amides is 1. The van der Waals surface area contributed by atoms with Crippen LogP contribution in [0.25, 0.3) is 0 Å². The fourth-order valence-corrected chi connectivity index (χ4v) is 5.08. The van der Waals surface area contributed by atoms with E-state index >= 15 is 0 Å². The zero-order valence-electron chi connectivity index (χ0n) is 18.7. The Balaban J connectivity index is 1.24. The van der Waals surface area contributed by atoms with Crippen LogP contribution in [0.1, 0.15) is 18.4 Å². The molecule has 0 spiro atoms. The van der Waals surface area contributed by atoms with Crippen molar-refractivity contribution in [1.82, 2.24) is 4.90 Å². The Morgan fingerprint density at radius 1 is 0.941 bits per heavy atom. The smallest absolute Gasteiger partial charge is 0.261 e. The molecular weight excluding hydrogens is 455 g/mol. The Labute approximate surface area is 199 Å². The third-order valence-corrected chi connectivity index (χ3v) is 7.32. The molecule has 0 atom stereocenters. The molecule has 1 aliphatic heterocycles. The summed E-state index contributed by atoms with van der Waals surface area (Å²) in [5, 5.41) is 0. The lowest BCUT2D eigenvalue weighted by Gasteiger charge is -2.32. The molecule has 1 aliphatic rings. The van der Waals surface area contributed by atoms with Gasteiger partial charge < -0.3 is 9.64 Å². The third kappa shape index (κ3) is 6.35. The van der Waals surface area contributed by atoms with E-state index in [1.807, 2.05) is 11.0 Å². The summed E-state index contributed by atoms with van der Waals surface area (Å²) in [7, 11) is -3.82. The van der Waals surface area contributed by atoms with Crippen LogP contribution >= 0.6 is 0 Å². The van der Waals surface area contributed by atoms with Crippen LogP contribution in [0.2, 0.25) is 0 Å². The van der Waals surface area contributed by atoms with Crippen molar-refractivity contribution in [2.24, 2.45) is 5.92 Å². The quantitative estimate of drug-likeness (QED) is 0.514. The molecule has 1 N–H and O–H groups in total. The largest absolute Gasteiger partial charge is 0.484 e. The summed E-state index contributed by atoms with van der Waals surface area (Å²) < 4.78 is 46.0. The number of likely N-dealkylation sites (tertiary alicyclic amines) is 1. The number of nitrogens with zero attached hydrogens (tertiary/aromatic N) is 1. The molecule has 0 aliphatic carbocycles. The number of hydrogen-bond acceptors (Lipinski definition) is 4. The molecule has 4 rings (SSSR count). The lowest BCUT2D eigenvalue weighted by molar-refractivity contribution is -0.134. The van der Waals surface area contributed by atoms with Gasteiger partial charge in [0.15, 0.2) is 6.61 Å². The first-order valence-corrected chi connectivity index (χ1v) is 12.7. The molecule has 3 aromatic carbocycles. The fourth-order valence-electron chi connectivity index (χ4n) is 4.02. The Bertz CT molecular complexity index is 1190. The molecule has 3 aromatic rings. The van der Waals surface area contributed by atoms with Crippen molar-refractivity contribution < 1.29 is 22.3 Å². The van der Waals surface area contributed by atoms with Gasteiger partial charge in [-0.3, -0.25) is 9.52 Å². The first-order valence-electron chi connectivity index (χ1n) is 11.2. The van der Waals surface area contributed by atoms with Crippen molar-refractivity contribution in [2.45, 2.75) is 24.2 Å². The standard InChI is InChI=1S/C26H27FN2O4S/c27-22-6-8-23(9-7-22)28-34(31,32)25-12-10-24(11-13-25)33-19-26(30)29-16-14-21(15-17-29)18-20-4-2-1-3-5-20/h1-13,21,28H,14-19H2. The van der Waals surface area contributed by atoms with Crippen molar-refractivity contribution in [3.8, 4) is 5.75 Å². The van der Waals surface area contributed by atoms with Crippen LogP contribution in [-0.2, 0) is 21.2 Å². The van der Waals surface area contributed by atoms with Gasteiger partial charge in [-0.25, -0.2) is 12.8 Å². The summed E-state index contributed by atoms with van der Waals surface area (Å²) >= 11 is 0. The van der Waals surface area contributed by atoms with Gasteiger partial charge in [-0.1, -0.05) is 30.3 Å². The minimum atomic E-state index is -3.82. The monoisotopic (exact) mass is 482 g/mol. The maximum absolute atomic E-state index is 13.0. The number of rotatable bonds is 8. The average Bonchev–Trinajstić information content (AvgIpc) is 2.85. The number of nitrogens with one attached hydrogen (secondary N) is 1. The maximum atomic E-state index is 13.0. The Hall–Kier alpha value is -3.39. The van der Waals surface area contributed by atoms with Crippen LogP contribution in [0, 0.1) is 11.7 Å². The molecule has 1 heterocycles. The van der Waals surface area contributed by atoms with Crippen LogP contribution in [0.5, 0.6) is 5.75 Å². The van der Waals surface area contributed by atoms with Gasteiger partial charge in [-0.2, -0.15) is 0 Å². The van der Waals surface area contributed by atoms with Gasteiger partial charge in [0.25, 0.3) is 15.9 Å². The molecule has 0 radical (unpaired) electrons. The molecule has 1 saturated heterocycles. The minimum absolute atomic E-state index is 0.0380. The van der Waals surface area contributed by atoms with Crippen LogP contribution in [-0.4, -0.2) is 38.9 Å². The van der Waals surface area contributed by atoms with Crippen LogP contribution < -0.4 is 9.46 Å². The van der Waals surface area contributed by atoms with Gasteiger partial charge in [-0.05, 0) is 79.3 Å². The molecule has 1 amide bonds. The highest BCUT2D eigenvalue weighted by Gasteiger charge is 2.23. The average molecular weight is 483 g/mol. The summed E-state index contributed by atoms with van der Waals surface area (Å²) in [6, 6.07) is 21.3. The van der Waals surface area contributed by atoms with E-state index in [1.54, 1.807) is 0 Å². The molecule has 6 nitrogen and oxygen atoms in total. The second kappa shape index (κ2) is 10.7. The molecule has 178 valence electrons. The first kappa shape index (κ1) is 23.8. The summed E-state index contributed by atoms with van der Waals surface area (Å²) in [5.74, 6) is 0.460. The predicted octanol–water partition coefficient (Wildman–Crippen LogP) is 4.49. The Kier molecular flexibility index (Phi) is 7.47. The van der Waals surface area contributed by atoms with Crippen molar-refractivity contribution in [1.29, 1.82) is 0 Å². The number of halogens is 1. The molecule has 0 unspecified atom stereocenters. The molecule has 0 aromatic heterocycles. The van der Waals surface area contributed by atoms with Crippen LogP contribution in [0.15, 0.2) is 83.8 Å². The number of ether oxygens (including phenoxy) is 1. The van der Waals surface area contributed by atoms with E-state index in [2.05, 4.69) is 29.0 Å². The van der Waals surface area contributed by atoms with Gasteiger partial charge in [0, 0.05) is 18.8 Å². The number of carbonyl (C=O) groups is 1. The van der Waals surface area contributed by atoms with E-state index in [0.717, 1.165) is 19.3 Å². The first-order chi connectivity index (χ1) is 16.4. The van der Waals surface area contributed by atoms with E-state index in [0.29, 0.717) is 24.8 Å². The molecule has 0 saturated carbocycles. The number of carbonyl (C=O) groups excluding carboxylic acids is 1. The van der Waals surface area contributed by atoms with E-state index in [1.165, 1.54) is 54.1 Å². The summed E-state index contributed by atoms with van der Waals surface area (Å²) in [4.78, 5) is 14.4. The van der Waals surface area contributed by atoms with Gasteiger partial charge in [0.1, 0.15) is 11.6 Å². The molecule has 1 fully saturated rings. The second-order valence-electron chi connectivity index (χ2n) is 8.39. The third-order valence-electron chi connectivity index (χ3n) is 5.93. The van der Waals surface area contributed by atoms with Crippen molar-refractivity contribution >= 4 is 21.6 Å². The van der Waals surface area contributed by atoms with Crippen molar-refractivity contribution in [3.05, 3.63) is 90.2 Å². The second-order valence-corrected chi connectivity index (χ2v) is 10.1. The van der Waals surface area contributed by atoms with E-state index in [-0.39, 0.29) is 23.1 Å². The SMILES string of the molecule is O=C(COc1ccc(S(=O)(=O)Nc2ccc(F)cc2)cc1)N1CCC(Cc2ccccc2)CC1. The number of piperidine rings is 1. The number of sulfonamides is 1. The van der Waals surface area contributed by atoms with Crippen molar-refractivity contribution in [3.63, 3.8) is 0 Å². The molecular formula is C26H27FN2O4S. The van der Waals surface area contributed by atoms with Gasteiger partial charge >= 0.3 is 0 Å². The zero-order chi connectivity index (χ0) is 24.0. The molecule has 0 bridgehead atoms. The Morgan fingerprint density at radius 2 is 1.59 bits per heavy atom. The van der Waals surface area contributed by atoms with Crippen LogP contribution in [0.3, 0.4) is 0 Å². The van der Waals surface area contributed by atoms with Gasteiger partial charge in [-0.15, -0.1) is 0 Å². The summed E-state index contributed by atoms with van der Waals surface area (Å²) in [5.41, 5.74) is 1.59. The van der Waals surface area contributed by atoms with E-state index < -0.39 is 15.8 Å². The molecule has 34 heavy (non-hydrogen) atoms. The lowest BCUT2D eigenvalue weighted by atomic mass is 9.90. The molecule has 8 heteroatoms. The summed E-state index contributed by atoms with van der Waals surface area (Å²) in [6.45, 7) is 1.33. The summed E-state index contributed by atoms with van der Waals surface area (Å²) in [6.07, 6.45) is 2.97. The highest BCUT2D eigenvalue weighted by Crippen LogP contribution is 2.23. The highest BCUT2D eigenvalue weighted by atomic mass is 32.2. The minimum Gasteiger partial charge on any atom is -0.484 e. The van der Waals surface area contributed by atoms with E-state index in [4.69, 9.17) is 4.74 Å². The Morgan fingerprint density at radius 3 is 2.24 bits per heavy atom. The normalized spacial score (nSPS) is 14.6. The highest BCUT2D eigenvalue weighted by molar-refractivity contribution is 7.92. The number of hydrogen-bond donors (Lipinski definition) is 1. The lowest BCUT2D eigenvalue weighted by Crippen LogP contribution is -2.41. The number of anilines is 1. The fraction of sp³-hybridized carbons (Fsp3) is 0.269. The van der Waals surface area contributed by atoms with Gasteiger partial charge in [0.2, 0.25) is 0 Å². The zero-order valence-corrected chi connectivity index (χ0v) is 19.5. The topological polar surface area (TPSA) is 75.7 Å². The van der Waals surface area contributed by atoms with E-state index in [9.17, 15) is 17.6 Å². The maximum Gasteiger partial charge on any atom is 0.261 e. The van der Waals surface area contributed by atoms with Gasteiger partial charge in [0.05, 0.1) is 4.90 Å².